The molecule has 0 amide bonds. The second kappa shape index (κ2) is 7.58. The third-order valence-corrected chi connectivity index (χ3v) is 6.96. The largest absolute Gasteiger partial charge is 0.388 e. The lowest BCUT2D eigenvalue weighted by atomic mass is 9.99. The van der Waals surface area contributed by atoms with Crippen LogP contribution < -0.4 is 10.9 Å². The summed E-state index contributed by atoms with van der Waals surface area (Å²) in [5.74, 6) is -0.0398. The number of nitrogens with zero attached hydrogens (tertiary/aromatic N) is 4. The van der Waals surface area contributed by atoms with E-state index in [0.717, 1.165) is 4.31 Å². The number of hydrogen-bond acceptors (Lipinski definition) is 7. The standard InChI is InChI=1S/C20H29N5O4S/c1-13-11-14-12-21-19(22-15-6-9-24(10-7-15)30(3,28)29)23-17(14)25(18(13)26)16-5-4-8-20(16,2)27/h11-12,15-16,27H,4-10H2,1-3H3,(H,21,22,23)/t16-,20-/m1/s1/i1D3,3D3,15D. The normalized spacial score (nSPS) is 31.7. The van der Waals surface area contributed by atoms with E-state index in [-0.39, 0.29) is 42.9 Å². The molecule has 2 N–H and O–H groups in total. The van der Waals surface area contributed by atoms with Gasteiger partial charge in [-0.2, -0.15) is 4.98 Å². The molecule has 2 atom stereocenters. The highest BCUT2D eigenvalue weighted by atomic mass is 32.2. The summed E-state index contributed by atoms with van der Waals surface area (Å²) in [4.78, 5) is 21.9. The Hall–Kier alpha value is -2.04. The van der Waals surface area contributed by atoms with Crippen molar-refractivity contribution in [3.8, 4) is 0 Å². The lowest BCUT2D eigenvalue weighted by Gasteiger charge is -2.31. The fraction of sp³-hybridized carbons (Fsp3) is 0.650. The summed E-state index contributed by atoms with van der Waals surface area (Å²) < 4.78 is 80.4. The van der Waals surface area contributed by atoms with Crippen molar-refractivity contribution in [1.29, 1.82) is 0 Å². The molecule has 4 rings (SSSR count). The number of nitrogens with one attached hydrogen (secondary N) is 1. The van der Waals surface area contributed by atoms with Gasteiger partial charge in [-0.3, -0.25) is 9.36 Å². The maximum Gasteiger partial charge on any atom is 0.255 e. The monoisotopic (exact) mass is 442 g/mol. The molecule has 0 unspecified atom stereocenters. The number of rotatable bonds is 4. The number of aliphatic hydroxyl groups is 1. The first-order valence-corrected chi connectivity index (χ1v) is 11.2. The first-order valence-electron chi connectivity index (χ1n) is 13.3. The van der Waals surface area contributed by atoms with Crippen LogP contribution in [0.5, 0.6) is 0 Å². The highest BCUT2D eigenvalue weighted by Crippen LogP contribution is 2.39. The third-order valence-electron chi connectivity index (χ3n) is 5.92. The van der Waals surface area contributed by atoms with Gasteiger partial charge in [0.15, 0.2) is 0 Å². The Morgan fingerprint density at radius 3 is 2.77 bits per heavy atom. The van der Waals surface area contributed by atoms with Gasteiger partial charge in [0.25, 0.3) is 5.56 Å². The molecule has 1 saturated carbocycles. The van der Waals surface area contributed by atoms with Gasteiger partial charge in [-0.1, -0.05) is 0 Å². The molecular formula is C20H29N5O4S. The fourth-order valence-electron chi connectivity index (χ4n) is 4.29. The maximum absolute atomic E-state index is 13.3. The predicted octanol–water partition coefficient (Wildman–Crippen LogP) is 1.41. The summed E-state index contributed by atoms with van der Waals surface area (Å²) in [6.07, 6.45) is -0.469. The Morgan fingerprint density at radius 1 is 1.37 bits per heavy atom. The van der Waals surface area contributed by atoms with E-state index in [0.29, 0.717) is 19.3 Å². The van der Waals surface area contributed by atoms with Crippen LogP contribution in [0.2, 0.25) is 0 Å². The van der Waals surface area contributed by atoms with Gasteiger partial charge in [0.1, 0.15) is 5.65 Å². The van der Waals surface area contributed by atoms with Crippen LogP contribution in [0.25, 0.3) is 11.0 Å². The number of anilines is 1. The minimum Gasteiger partial charge on any atom is -0.388 e. The van der Waals surface area contributed by atoms with E-state index in [1.165, 1.54) is 16.8 Å². The molecule has 2 fully saturated rings. The summed E-state index contributed by atoms with van der Waals surface area (Å²) in [5.41, 5.74) is -2.35. The lowest BCUT2D eigenvalue weighted by Crippen LogP contribution is -2.42. The molecule has 0 aromatic carbocycles. The summed E-state index contributed by atoms with van der Waals surface area (Å²) >= 11 is 0. The zero-order valence-corrected chi connectivity index (χ0v) is 17.4. The Bertz CT molecular complexity index is 1370. The summed E-state index contributed by atoms with van der Waals surface area (Å²) in [6.45, 7) is -1.49. The van der Waals surface area contributed by atoms with Crippen LogP contribution in [0.15, 0.2) is 17.1 Å². The van der Waals surface area contributed by atoms with E-state index >= 15 is 0 Å². The summed E-state index contributed by atoms with van der Waals surface area (Å²) in [5, 5.41) is 14.1. The molecule has 10 heteroatoms. The topological polar surface area (TPSA) is 117 Å². The van der Waals surface area contributed by atoms with Crippen molar-refractivity contribution in [1.82, 2.24) is 18.8 Å². The first-order chi connectivity index (χ1) is 16.9. The zero-order chi connectivity index (χ0) is 27.6. The molecule has 3 heterocycles. The van der Waals surface area contributed by atoms with Crippen molar-refractivity contribution in [2.24, 2.45) is 0 Å². The lowest BCUT2D eigenvalue weighted by molar-refractivity contribution is 0.0266. The number of pyridine rings is 1. The number of aryl methyl sites for hydroxylation is 1. The molecule has 0 spiro atoms. The van der Waals surface area contributed by atoms with Crippen LogP contribution in [0.4, 0.5) is 5.95 Å². The van der Waals surface area contributed by atoms with Gasteiger partial charge in [-0.25, -0.2) is 17.7 Å². The second-order valence-corrected chi connectivity index (χ2v) is 9.57. The van der Waals surface area contributed by atoms with Crippen molar-refractivity contribution in [2.45, 2.75) is 63.5 Å². The second-order valence-electron chi connectivity index (χ2n) is 8.10. The van der Waals surface area contributed by atoms with Crippen LogP contribution >= 0.6 is 0 Å². The number of aromatic nitrogens is 3. The molecular weight excluding hydrogens is 406 g/mol. The number of fused-ring (bicyclic) bond motifs is 1. The molecule has 2 aromatic rings. The van der Waals surface area contributed by atoms with Crippen molar-refractivity contribution in [3.63, 3.8) is 0 Å². The molecule has 1 aliphatic heterocycles. The Balaban J connectivity index is 1.70. The van der Waals surface area contributed by atoms with Crippen molar-refractivity contribution in [3.05, 3.63) is 28.2 Å². The van der Waals surface area contributed by atoms with E-state index in [9.17, 15) is 18.3 Å². The van der Waals surface area contributed by atoms with Gasteiger partial charge < -0.3 is 10.4 Å². The maximum atomic E-state index is 13.3. The minimum atomic E-state index is -4.52. The molecule has 0 bridgehead atoms. The van der Waals surface area contributed by atoms with E-state index < -0.39 is 51.8 Å². The van der Waals surface area contributed by atoms with Gasteiger partial charge in [0.2, 0.25) is 16.0 Å². The Morgan fingerprint density at radius 2 is 2.13 bits per heavy atom. The molecule has 1 aliphatic carbocycles. The van der Waals surface area contributed by atoms with E-state index in [4.69, 9.17) is 9.60 Å². The molecule has 0 radical (unpaired) electrons. The quantitative estimate of drug-likeness (QED) is 0.735. The first kappa shape index (κ1) is 14.1. The van der Waals surface area contributed by atoms with Gasteiger partial charge in [-0.15, -0.1) is 0 Å². The van der Waals surface area contributed by atoms with E-state index in [1.54, 1.807) is 6.92 Å². The average Bonchev–Trinajstić information content (AvgIpc) is 3.10. The SMILES string of the molecule is [2H]C1(Nc2ncc3cc(C([2H])([2H])[2H])c(=O)n([C@@H]4CCC[C@@]4(C)O)c3n2)CCN(S(=O)(=O)C([2H])([2H])[2H])CC1. The molecule has 30 heavy (non-hydrogen) atoms. The minimum absolute atomic E-state index is 0.0398. The zero-order valence-electron chi connectivity index (χ0n) is 23.6. The molecule has 2 aliphatic rings. The van der Waals surface area contributed by atoms with Gasteiger partial charge >= 0.3 is 0 Å². The third kappa shape index (κ3) is 3.95. The van der Waals surface area contributed by atoms with Crippen LogP contribution in [-0.2, 0) is 10.0 Å². The highest BCUT2D eigenvalue weighted by molar-refractivity contribution is 7.88. The van der Waals surface area contributed by atoms with Crippen LogP contribution in [-0.4, -0.2) is 63.3 Å². The Labute approximate surface area is 186 Å². The number of hydrogen-bond donors (Lipinski definition) is 2. The van der Waals surface area contributed by atoms with Gasteiger partial charge in [-0.05, 0) is 51.9 Å². The van der Waals surface area contributed by atoms with Gasteiger partial charge in [0.05, 0.1) is 19.2 Å². The predicted molar refractivity (Wildman–Crippen MR) is 115 cm³/mol. The Kier molecular flexibility index (Phi) is 3.56. The number of piperidine rings is 1. The number of sulfonamides is 1. The van der Waals surface area contributed by atoms with Gasteiger partial charge in [0, 0.05) is 44.5 Å². The van der Waals surface area contributed by atoms with E-state index in [2.05, 4.69) is 15.3 Å². The van der Waals surface area contributed by atoms with Crippen molar-refractivity contribution >= 4 is 27.0 Å². The fourth-order valence-corrected chi connectivity index (χ4v) is 4.95. The average molecular weight is 443 g/mol. The molecule has 9 nitrogen and oxygen atoms in total. The highest BCUT2D eigenvalue weighted by Gasteiger charge is 2.39. The van der Waals surface area contributed by atoms with Crippen molar-refractivity contribution in [2.75, 3.05) is 24.6 Å². The summed E-state index contributed by atoms with van der Waals surface area (Å²) in [6, 6.07) is -0.925. The molecule has 2 aromatic heterocycles. The van der Waals surface area contributed by atoms with Crippen LogP contribution in [0.1, 0.15) is 60.2 Å². The van der Waals surface area contributed by atoms with Crippen molar-refractivity contribution < 1.29 is 23.1 Å². The summed E-state index contributed by atoms with van der Waals surface area (Å²) in [7, 11) is -4.52. The smallest absolute Gasteiger partial charge is 0.255 e. The van der Waals surface area contributed by atoms with Crippen LogP contribution in [0, 0.1) is 6.85 Å². The molecule has 164 valence electrons. The van der Waals surface area contributed by atoms with E-state index in [1.807, 2.05) is 0 Å². The molecule has 1 saturated heterocycles. The van der Waals surface area contributed by atoms with Crippen LogP contribution in [0.3, 0.4) is 0 Å².